The van der Waals surface area contributed by atoms with E-state index in [1.165, 1.54) is 16.8 Å². The molecule has 1 aromatic heterocycles. The first-order chi connectivity index (χ1) is 19.8. The predicted molar refractivity (Wildman–Crippen MR) is 134 cm³/mol. The third-order valence-electron chi connectivity index (χ3n) is 8.59. The molecule has 8 rings (SSSR count). The van der Waals surface area contributed by atoms with Gasteiger partial charge in [-0.3, -0.25) is 4.79 Å². The van der Waals surface area contributed by atoms with Crippen molar-refractivity contribution in [3.63, 3.8) is 0 Å². The van der Waals surface area contributed by atoms with Crippen LogP contribution in [0.15, 0.2) is 42.5 Å². The zero-order valence-corrected chi connectivity index (χ0v) is 22.2. The fraction of sp³-hybridized carbons (Fsp3) is 0.448. The fourth-order valence-electron chi connectivity index (χ4n) is 6.71. The van der Waals surface area contributed by atoms with Gasteiger partial charge in [0.1, 0.15) is 18.0 Å². The normalized spacial score (nSPS) is 27.4. The van der Waals surface area contributed by atoms with Crippen LogP contribution in [0.5, 0.6) is 17.2 Å². The van der Waals surface area contributed by atoms with Crippen LogP contribution in [-0.4, -0.2) is 32.8 Å². The molecule has 1 unspecified atom stereocenters. The predicted octanol–water partition coefficient (Wildman–Crippen LogP) is 6.75. The van der Waals surface area contributed by atoms with Crippen molar-refractivity contribution in [2.75, 3.05) is 0 Å². The fourth-order valence-corrected chi connectivity index (χ4v) is 6.71. The molecule has 3 aromatic rings. The molecule has 0 saturated heterocycles. The molecule has 2 aromatic carbocycles. The summed E-state index contributed by atoms with van der Waals surface area (Å²) < 4.78 is 91.8. The summed E-state index contributed by atoms with van der Waals surface area (Å²) in [6.45, 7) is 1.69. The lowest BCUT2D eigenvalue weighted by molar-refractivity contribution is -0.300. The van der Waals surface area contributed by atoms with Crippen molar-refractivity contribution < 1.29 is 50.8 Å². The summed E-state index contributed by atoms with van der Waals surface area (Å²) in [5.74, 6) is -0.785. The van der Waals surface area contributed by atoms with E-state index in [0.29, 0.717) is 54.8 Å². The third kappa shape index (κ3) is 4.27. The number of rotatable bonds is 7. The second-order valence-electron chi connectivity index (χ2n) is 11.6. The molecular formula is C29H25F5N2O6. The lowest BCUT2D eigenvalue weighted by atomic mass is 9.41. The van der Waals surface area contributed by atoms with Crippen LogP contribution in [0.4, 0.5) is 22.0 Å². The molecule has 0 radical (unpaired) electrons. The molecule has 222 valence electrons. The van der Waals surface area contributed by atoms with E-state index in [4.69, 9.17) is 9.47 Å². The van der Waals surface area contributed by atoms with Crippen LogP contribution in [-0.2, 0) is 22.1 Å². The van der Waals surface area contributed by atoms with Gasteiger partial charge in [-0.2, -0.15) is 18.3 Å². The highest BCUT2D eigenvalue weighted by molar-refractivity contribution is 5.79. The first-order valence-electron chi connectivity index (χ1n) is 13.5. The number of fused-ring (bicyclic) bond motifs is 2. The average molecular weight is 593 g/mol. The van der Waals surface area contributed by atoms with Crippen LogP contribution >= 0.6 is 0 Å². The Bertz CT molecular complexity index is 1580. The molecule has 2 atom stereocenters. The number of hydrogen-bond donors (Lipinski definition) is 1. The van der Waals surface area contributed by atoms with Gasteiger partial charge in [0.05, 0.1) is 22.4 Å². The Balaban J connectivity index is 1.18. The highest BCUT2D eigenvalue weighted by Crippen LogP contribution is 2.70. The molecule has 8 nitrogen and oxygen atoms in total. The van der Waals surface area contributed by atoms with Crippen LogP contribution in [0, 0.1) is 5.41 Å². The Morgan fingerprint density at radius 1 is 1.12 bits per heavy atom. The Kier molecular flexibility index (Phi) is 5.67. The minimum Gasteiger partial charge on any atom is -0.486 e. The van der Waals surface area contributed by atoms with E-state index < -0.39 is 47.4 Å². The molecule has 4 aliphatic carbocycles. The first kappa shape index (κ1) is 27.0. The number of hydrogen-bond acceptors (Lipinski definition) is 6. The standard InChI is InChI=1S/C29H25F5N2O6/c1-15(16-8-9-20-22(10-16)42-29(33,34)41-20)39-18-5-2-4-17(11-18)36-23-19(24(35-36)28(30,31)32)6-3-7-21(23)40-27-12-26(13-27,14-27)25(37)38/h2,4-5,8-11,15,21H,3,6-7,12-14H2,1H3,(H,37,38)/t15-,21?,26?,27?/m1/s1. The van der Waals surface area contributed by atoms with E-state index in [1.807, 2.05) is 0 Å². The van der Waals surface area contributed by atoms with Crippen LogP contribution in [0.3, 0.4) is 0 Å². The number of ether oxygens (including phenoxy) is 4. The minimum atomic E-state index is -4.68. The third-order valence-corrected chi connectivity index (χ3v) is 8.59. The monoisotopic (exact) mass is 592 g/mol. The van der Waals surface area contributed by atoms with Gasteiger partial charge in [-0.05, 0) is 75.3 Å². The van der Waals surface area contributed by atoms with Gasteiger partial charge >= 0.3 is 18.4 Å². The topological polar surface area (TPSA) is 92.0 Å². The summed E-state index contributed by atoms with van der Waals surface area (Å²) in [6, 6.07) is 10.7. The lowest BCUT2D eigenvalue weighted by Gasteiger charge is -2.67. The van der Waals surface area contributed by atoms with Crippen molar-refractivity contribution in [3.8, 4) is 22.9 Å². The zero-order chi connectivity index (χ0) is 29.7. The number of aromatic nitrogens is 2. The number of alkyl halides is 5. The zero-order valence-electron chi connectivity index (χ0n) is 22.2. The van der Waals surface area contributed by atoms with Gasteiger partial charge in [0.25, 0.3) is 0 Å². The van der Waals surface area contributed by atoms with Crippen molar-refractivity contribution in [1.82, 2.24) is 9.78 Å². The molecule has 3 saturated carbocycles. The van der Waals surface area contributed by atoms with Crippen molar-refractivity contribution in [1.29, 1.82) is 0 Å². The number of aliphatic carboxylic acids is 1. The van der Waals surface area contributed by atoms with Crippen LogP contribution in [0.1, 0.15) is 73.8 Å². The SMILES string of the molecule is C[C@@H](Oc1cccc(-n2nc(C(F)(F)F)c3c2C(OC24CC(C(=O)O)(C2)C4)CCC3)c1)c1ccc2c(c1)OC(F)(F)O2. The number of halogens is 5. The Morgan fingerprint density at radius 3 is 2.57 bits per heavy atom. The average Bonchev–Trinajstić information content (AvgIpc) is 3.41. The molecule has 5 aliphatic rings. The maximum Gasteiger partial charge on any atom is 0.586 e. The summed E-state index contributed by atoms with van der Waals surface area (Å²) in [5, 5.41) is 13.5. The molecule has 1 N–H and O–H groups in total. The van der Waals surface area contributed by atoms with Gasteiger partial charge in [0.2, 0.25) is 0 Å². The van der Waals surface area contributed by atoms with Gasteiger partial charge in [0, 0.05) is 11.6 Å². The largest absolute Gasteiger partial charge is 0.586 e. The van der Waals surface area contributed by atoms with E-state index in [9.17, 15) is 31.9 Å². The summed E-state index contributed by atoms with van der Waals surface area (Å²) in [6.07, 6.45) is -7.56. The van der Waals surface area contributed by atoms with Crippen LogP contribution in [0.2, 0.25) is 0 Å². The molecular weight excluding hydrogens is 567 g/mol. The Labute approximate surface area is 235 Å². The van der Waals surface area contributed by atoms with Gasteiger partial charge < -0.3 is 24.1 Å². The van der Waals surface area contributed by atoms with E-state index in [0.717, 1.165) is 0 Å². The maximum absolute atomic E-state index is 14.1. The van der Waals surface area contributed by atoms with Gasteiger partial charge in [-0.25, -0.2) is 4.68 Å². The Hall–Kier alpha value is -3.87. The van der Waals surface area contributed by atoms with Gasteiger partial charge in [0.15, 0.2) is 17.2 Å². The van der Waals surface area contributed by atoms with E-state index in [-0.39, 0.29) is 23.5 Å². The molecule has 3 fully saturated rings. The summed E-state index contributed by atoms with van der Waals surface area (Å²) in [5.41, 5.74) is -1.16. The van der Waals surface area contributed by atoms with Crippen molar-refractivity contribution >= 4 is 5.97 Å². The second kappa shape index (κ2) is 8.82. The molecule has 2 bridgehead atoms. The first-order valence-corrected chi connectivity index (χ1v) is 13.5. The van der Waals surface area contributed by atoms with Gasteiger partial charge in [-0.15, -0.1) is 8.78 Å². The van der Waals surface area contributed by atoms with E-state index in [2.05, 4.69) is 14.6 Å². The van der Waals surface area contributed by atoms with Crippen molar-refractivity contribution in [3.05, 3.63) is 65.0 Å². The maximum atomic E-state index is 14.1. The number of carboxylic acid groups (broad SMARTS) is 1. The molecule has 2 heterocycles. The smallest absolute Gasteiger partial charge is 0.486 e. The second-order valence-corrected chi connectivity index (χ2v) is 11.6. The molecule has 13 heteroatoms. The van der Waals surface area contributed by atoms with Gasteiger partial charge in [-0.1, -0.05) is 12.1 Å². The molecule has 42 heavy (non-hydrogen) atoms. The Morgan fingerprint density at radius 2 is 1.86 bits per heavy atom. The van der Waals surface area contributed by atoms with Crippen molar-refractivity contribution in [2.24, 2.45) is 5.41 Å². The molecule has 0 spiro atoms. The number of nitrogens with zero attached hydrogens (tertiary/aromatic N) is 2. The highest BCUT2D eigenvalue weighted by atomic mass is 19.4. The van der Waals surface area contributed by atoms with Crippen LogP contribution < -0.4 is 14.2 Å². The van der Waals surface area contributed by atoms with Crippen LogP contribution in [0.25, 0.3) is 5.69 Å². The number of carboxylic acids is 1. The molecule has 0 amide bonds. The number of carbonyl (C=O) groups is 1. The lowest BCUT2D eigenvalue weighted by Crippen LogP contribution is -2.71. The number of benzene rings is 2. The van der Waals surface area contributed by atoms with Crippen molar-refractivity contribution in [2.45, 2.75) is 75.7 Å². The quantitative estimate of drug-likeness (QED) is 0.304. The summed E-state index contributed by atoms with van der Waals surface area (Å²) in [4.78, 5) is 11.6. The highest BCUT2D eigenvalue weighted by Gasteiger charge is 2.73. The summed E-state index contributed by atoms with van der Waals surface area (Å²) >= 11 is 0. The van der Waals surface area contributed by atoms with E-state index >= 15 is 0 Å². The summed E-state index contributed by atoms with van der Waals surface area (Å²) in [7, 11) is 0. The molecule has 1 aliphatic heterocycles. The van der Waals surface area contributed by atoms with E-state index in [1.54, 1.807) is 37.3 Å². The minimum absolute atomic E-state index is 0.0788.